The lowest BCUT2D eigenvalue weighted by molar-refractivity contribution is -0.700. The molecule has 0 spiro atoms. The number of nitrogens with zero attached hydrogens (tertiary/aromatic N) is 4. The number of carboxylic acid groups (broad SMARTS) is 2. The number of β-lactam (4-membered cyclic amide) rings is 1. The molecular weight excluding hydrogens is 568 g/mol. The van der Waals surface area contributed by atoms with E-state index in [9.17, 15) is 24.3 Å². The largest absolute Gasteiger partial charge is 0.543 e. The maximum atomic E-state index is 13.0. The first-order valence-corrected chi connectivity index (χ1v) is 14.6. The Morgan fingerprint density at radius 1 is 1.33 bits per heavy atom. The number of hydrogen-bond acceptors (Lipinski definition) is 12. The van der Waals surface area contributed by atoms with Gasteiger partial charge in [-0.2, -0.15) is 0 Å². The summed E-state index contributed by atoms with van der Waals surface area (Å²) in [6, 6.07) is 3.49. The maximum Gasteiger partial charge on any atom is 0.344 e. The highest BCUT2D eigenvalue weighted by molar-refractivity contribution is 8.01. The molecule has 2 aromatic heterocycles. The Balaban J connectivity index is 1.27. The van der Waals surface area contributed by atoms with Crippen LogP contribution < -0.4 is 20.7 Å². The van der Waals surface area contributed by atoms with Gasteiger partial charge in [0.15, 0.2) is 29.3 Å². The molecule has 2 amide bonds. The van der Waals surface area contributed by atoms with E-state index in [1.54, 1.807) is 0 Å². The first-order valence-electron chi connectivity index (χ1n) is 11.7. The van der Waals surface area contributed by atoms with Crippen molar-refractivity contribution in [3.63, 3.8) is 0 Å². The SMILES string of the molecule is Nc1nc(/C(=N/OCC(=O)O)C(=O)N[C@@H]2C(=O)N3C(C(=O)[O-])=C(CSc4cc[n+](C5CC5)cc4)CS[C@H]23)cs1. The number of nitrogens with two attached hydrogens (primary N) is 1. The van der Waals surface area contributed by atoms with Crippen LogP contribution in [-0.2, 0) is 24.0 Å². The monoisotopic (exact) mass is 590 g/mol. The third kappa shape index (κ3) is 5.86. The van der Waals surface area contributed by atoms with Crippen molar-refractivity contribution in [2.24, 2.45) is 5.16 Å². The Morgan fingerprint density at radius 2 is 2.08 bits per heavy atom. The minimum Gasteiger partial charge on any atom is -0.543 e. The number of aromatic nitrogens is 2. The lowest BCUT2D eigenvalue weighted by atomic mass is 10.0. The molecule has 2 atom stereocenters. The number of carbonyl (C=O) groups is 4. The quantitative estimate of drug-likeness (QED) is 0.0991. The fourth-order valence-corrected chi connectivity index (χ4v) is 6.97. The average molecular weight is 591 g/mol. The van der Waals surface area contributed by atoms with Gasteiger partial charge in [0.25, 0.3) is 11.8 Å². The number of thioether (sulfide) groups is 2. The highest BCUT2D eigenvalue weighted by atomic mass is 32.2. The van der Waals surface area contributed by atoms with E-state index in [-0.39, 0.29) is 22.2 Å². The van der Waals surface area contributed by atoms with Gasteiger partial charge in [0, 0.05) is 46.8 Å². The summed E-state index contributed by atoms with van der Waals surface area (Å²) in [6.07, 6.45) is 6.37. The fraction of sp³-hybridized carbons (Fsp3) is 0.348. The molecule has 0 bridgehead atoms. The molecule has 5 rings (SSSR count). The topological polar surface area (TPSA) is 191 Å². The molecular formula is C23H22N6O7S3. The van der Waals surface area contributed by atoms with Crippen molar-refractivity contribution < 1.29 is 38.8 Å². The van der Waals surface area contributed by atoms with Crippen LogP contribution in [0.25, 0.3) is 0 Å². The van der Waals surface area contributed by atoms with Crippen molar-refractivity contribution >= 4 is 69.5 Å². The number of aliphatic carboxylic acids is 2. The van der Waals surface area contributed by atoms with E-state index in [1.807, 2.05) is 24.5 Å². The number of carboxylic acids is 2. The molecule has 39 heavy (non-hydrogen) atoms. The number of carbonyl (C=O) groups excluding carboxylic acids is 3. The molecule has 1 saturated carbocycles. The number of nitrogens with one attached hydrogen (secondary N) is 1. The number of oxime groups is 1. The molecule has 2 fully saturated rings. The summed E-state index contributed by atoms with van der Waals surface area (Å²) in [6.45, 7) is -0.797. The van der Waals surface area contributed by atoms with Crippen LogP contribution in [0.3, 0.4) is 0 Å². The van der Waals surface area contributed by atoms with Crippen molar-refractivity contribution in [2.45, 2.75) is 35.2 Å². The summed E-state index contributed by atoms with van der Waals surface area (Å²) in [4.78, 5) is 59.6. The average Bonchev–Trinajstić information content (AvgIpc) is 3.68. The normalized spacial score (nSPS) is 20.8. The molecule has 13 nitrogen and oxygen atoms in total. The Hall–Kier alpha value is -3.63. The minimum absolute atomic E-state index is 0.0403. The summed E-state index contributed by atoms with van der Waals surface area (Å²) < 4.78 is 2.15. The Bertz CT molecular complexity index is 1390. The summed E-state index contributed by atoms with van der Waals surface area (Å²) in [7, 11) is 0. The van der Waals surface area contributed by atoms with Crippen molar-refractivity contribution in [3.05, 3.63) is 46.9 Å². The van der Waals surface area contributed by atoms with Crippen molar-refractivity contribution in [3.8, 4) is 0 Å². The first-order chi connectivity index (χ1) is 18.7. The zero-order chi connectivity index (χ0) is 27.7. The summed E-state index contributed by atoms with van der Waals surface area (Å²) in [5.74, 6) is -3.54. The number of nitrogen functional groups attached to an aromatic ring is 1. The molecule has 3 aliphatic rings. The van der Waals surface area contributed by atoms with Crippen molar-refractivity contribution in [2.75, 3.05) is 23.8 Å². The number of amides is 2. The van der Waals surface area contributed by atoms with Crippen LogP contribution >= 0.6 is 34.9 Å². The molecule has 1 aliphatic carbocycles. The van der Waals surface area contributed by atoms with Gasteiger partial charge in [-0.25, -0.2) is 14.3 Å². The smallest absolute Gasteiger partial charge is 0.344 e. The highest BCUT2D eigenvalue weighted by Gasteiger charge is 2.53. The second kappa shape index (κ2) is 11.2. The van der Waals surface area contributed by atoms with Gasteiger partial charge in [-0.3, -0.25) is 14.5 Å². The van der Waals surface area contributed by atoms with E-state index in [2.05, 4.69) is 20.0 Å². The van der Waals surface area contributed by atoms with Gasteiger partial charge >= 0.3 is 5.97 Å². The molecule has 16 heteroatoms. The fourth-order valence-electron chi connectivity index (χ4n) is 4.05. The highest BCUT2D eigenvalue weighted by Crippen LogP contribution is 2.41. The standard InChI is InChI=1S/C23H22N6O7S3/c24-23-25-14(10-39-23)16(27-36-7-15(30)31)19(32)26-17-20(33)29-18(22(34)35)11(9-38-21(17)29)8-37-13-3-5-28(6-4-13)12-1-2-12/h3-6,10,12,17,21H,1-2,7-9H2,(H4-,24,25,26,30,31,32,34,35)/b27-16-/t17-,21-/m1/s1. The predicted octanol–water partition coefficient (Wildman–Crippen LogP) is -0.651. The van der Waals surface area contributed by atoms with Gasteiger partial charge in [-0.05, 0) is 5.57 Å². The lowest BCUT2D eigenvalue weighted by Gasteiger charge is -2.50. The number of anilines is 1. The van der Waals surface area contributed by atoms with Crippen LogP contribution in [-0.4, -0.2) is 74.0 Å². The Morgan fingerprint density at radius 3 is 2.69 bits per heavy atom. The summed E-state index contributed by atoms with van der Waals surface area (Å²) in [5, 5.41) is 27.9. The zero-order valence-corrected chi connectivity index (χ0v) is 22.6. The molecule has 4 N–H and O–H groups in total. The molecule has 0 unspecified atom stereocenters. The van der Waals surface area contributed by atoms with Crippen LogP contribution in [0.2, 0.25) is 0 Å². The van der Waals surface area contributed by atoms with Gasteiger partial charge in [-0.1, -0.05) is 5.16 Å². The number of rotatable bonds is 11. The van der Waals surface area contributed by atoms with Crippen molar-refractivity contribution in [1.82, 2.24) is 15.2 Å². The van der Waals surface area contributed by atoms with Gasteiger partial charge in [0.05, 0.1) is 11.7 Å². The molecule has 204 valence electrons. The first kappa shape index (κ1) is 27.0. The number of thiazole rings is 1. The Labute approximate surface area is 234 Å². The van der Waals surface area contributed by atoms with Crippen LogP contribution in [0.5, 0.6) is 0 Å². The molecule has 2 aromatic rings. The number of pyridine rings is 1. The van der Waals surface area contributed by atoms with Crippen LogP contribution in [0.15, 0.2) is 51.2 Å². The van der Waals surface area contributed by atoms with Crippen molar-refractivity contribution in [1.29, 1.82) is 0 Å². The van der Waals surface area contributed by atoms with E-state index in [0.29, 0.717) is 23.1 Å². The summed E-state index contributed by atoms with van der Waals surface area (Å²) >= 11 is 3.82. The minimum atomic E-state index is -1.46. The molecule has 0 aromatic carbocycles. The second-order valence-electron chi connectivity index (χ2n) is 8.78. The van der Waals surface area contributed by atoms with Gasteiger partial charge in [0.1, 0.15) is 17.1 Å². The third-order valence-corrected chi connectivity index (χ3v) is 9.17. The maximum absolute atomic E-state index is 13.0. The predicted molar refractivity (Wildman–Crippen MR) is 139 cm³/mol. The zero-order valence-electron chi connectivity index (χ0n) is 20.1. The van der Waals surface area contributed by atoms with E-state index in [1.165, 1.54) is 41.7 Å². The van der Waals surface area contributed by atoms with Crippen LogP contribution in [0.1, 0.15) is 24.6 Å². The van der Waals surface area contributed by atoms with Gasteiger partial charge in [0.2, 0.25) is 6.61 Å². The van der Waals surface area contributed by atoms with E-state index in [4.69, 9.17) is 15.7 Å². The third-order valence-electron chi connectivity index (χ3n) is 6.05. The second-order valence-corrected chi connectivity index (χ2v) is 11.8. The molecule has 4 heterocycles. The Kier molecular flexibility index (Phi) is 7.76. The molecule has 1 saturated heterocycles. The summed E-state index contributed by atoms with van der Waals surface area (Å²) in [5.41, 5.74) is 5.68. The molecule has 2 aliphatic heterocycles. The lowest BCUT2D eigenvalue weighted by Crippen LogP contribution is -2.71. The van der Waals surface area contributed by atoms with E-state index in [0.717, 1.165) is 21.1 Å². The van der Waals surface area contributed by atoms with E-state index < -0.39 is 41.8 Å². The van der Waals surface area contributed by atoms with Crippen LogP contribution in [0, 0.1) is 0 Å². The number of fused-ring (bicyclic) bond motifs is 1. The number of hydrogen-bond donors (Lipinski definition) is 3. The molecule has 0 radical (unpaired) electrons. The van der Waals surface area contributed by atoms with Gasteiger partial charge < -0.3 is 30.9 Å². The van der Waals surface area contributed by atoms with Crippen LogP contribution in [0.4, 0.5) is 5.13 Å². The van der Waals surface area contributed by atoms with Gasteiger partial charge in [-0.15, -0.1) is 34.9 Å². The van der Waals surface area contributed by atoms with E-state index >= 15 is 0 Å².